The van der Waals surface area contributed by atoms with Gasteiger partial charge in [0.15, 0.2) is 5.78 Å². The van der Waals surface area contributed by atoms with E-state index in [4.69, 9.17) is 4.74 Å². The number of carbonyl (C=O) groups excluding carboxylic acids is 1. The van der Waals surface area contributed by atoms with Gasteiger partial charge in [0.1, 0.15) is 18.1 Å². The van der Waals surface area contributed by atoms with Crippen molar-refractivity contribution in [3.8, 4) is 11.5 Å². The lowest BCUT2D eigenvalue weighted by molar-refractivity contribution is 0.0943. The van der Waals surface area contributed by atoms with Crippen molar-refractivity contribution in [2.75, 3.05) is 0 Å². The molecule has 0 aromatic heterocycles. The summed E-state index contributed by atoms with van der Waals surface area (Å²) in [6, 6.07) is 22.9. The first-order valence-electron chi connectivity index (χ1n) is 8.85. The third-order valence-electron chi connectivity index (χ3n) is 4.95. The number of fused-ring (bicyclic) bond motifs is 1. The van der Waals surface area contributed by atoms with Gasteiger partial charge in [-0.15, -0.1) is 0 Å². The van der Waals surface area contributed by atoms with Gasteiger partial charge in [-0.2, -0.15) is 0 Å². The van der Waals surface area contributed by atoms with Gasteiger partial charge >= 0.3 is 0 Å². The first-order valence-corrected chi connectivity index (χ1v) is 8.85. The highest BCUT2D eigenvalue weighted by Crippen LogP contribution is 2.39. The number of Topliss-reactive ketones (excluding diaryl/α,β-unsaturated/α-hetero) is 1. The van der Waals surface area contributed by atoms with E-state index < -0.39 is 0 Å². The maximum Gasteiger partial charge on any atom is 0.170 e. The van der Waals surface area contributed by atoms with Gasteiger partial charge in [-0.05, 0) is 30.5 Å². The number of phenolic OH excluding ortho intramolecular Hbond substituents is 1. The summed E-state index contributed by atoms with van der Waals surface area (Å²) < 4.78 is 6.03. The van der Waals surface area contributed by atoms with Gasteiger partial charge < -0.3 is 9.84 Å². The summed E-state index contributed by atoms with van der Waals surface area (Å²) >= 11 is 0. The van der Waals surface area contributed by atoms with Gasteiger partial charge in [0.25, 0.3) is 0 Å². The summed E-state index contributed by atoms with van der Waals surface area (Å²) in [6.07, 6.45) is 1.36. The van der Waals surface area contributed by atoms with Crippen LogP contribution in [0.15, 0.2) is 72.8 Å². The molecule has 0 unspecified atom stereocenters. The van der Waals surface area contributed by atoms with Crippen molar-refractivity contribution in [3.63, 3.8) is 0 Å². The lowest BCUT2D eigenvalue weighted by atomic mass is 9.78. The third kappa shape index (κ3) is 3.08. The Morgan fingerprint density at radius 2 is 1.69 bits per heavy atom. The maximum absolute atomic E-state index is 13.0. The molecule has 0 fully saturated rings. The lowest BCUT2D eigenvalue weighted by Gasteiger charge is -2.25. The first-order chi connectivity index (χ1) is 12.7. The molecule has 0 saturated carbocycles. The van der Waals surface area contributed by atoms with Crippen molar-refractivity contribution in [1.82, 2.24) is 0 Å². The summed E-state index contributed by atoms with van der Waals surface area (Å²) in [4.78, 5) is 13.0. The Morgan fingerprint density at radius 1 is 0.923 bits per heavy atom. The van der Waals surface area contributed by atoms with Gasteiger partial charge in [0.05, 0.1) is 5.92 Å². The SMILES string of the molecule is O=C1c2cccc(O)c2CC[C@H]1c1ccccc1OCc1ccccc1. The average Bonchev–Trinajstić information content (AvgIpc) is 2.69. The van der Waals surface area contributed by atoms with Crippen molar-refractivity contribution in [2.45, 2.75) is 25.4 Å². The number of ketones is 1. The van der Waals surface area contributed by atoms with E-state index in [0.29, 0.717) is 25.0 Å². The molecule has 3 aromatic rings. The summed E-state index contributed by atoms with van der Waals surface area (Å²) in [6.45, 7) is 0.468. The minimum Gasteiger partial charge on any atom is -0.508 e. The minimum absolute atomic E-state index is 0.0536. The van der Waals surface area contributed by atoms with E-state index in [1.165, 1.54) is 0 Å². The van der Waals surface area contributed by atoms with Crippen LogP contribution in [0.4, 0.5) is 0 Å². The van der Waals surface area contributed by atoms with E-state index in [0.717, 1.165) is 22.4 Å². The fraction of sp³-hybridized carbons (Fsp3) is 0.174. The van der Waals surface area contributed by atoms with Crippen molar-refractivity contribution < 1.29 is 14.6 Å². The zero-order valence-electron chi connectivity index (χ0n) is 14.4. The molecule has 130 valence electrons. The number of ether oxygens (including phenoxy) is 1. The molecule has 26 heavy (non-hydrogen) atoms. The molecule has 0 aliphatic heterocycles. The molecule has 3 heteroatoms. The number of hydrogen-bond donors (Lipinski definition) is 1. The topological polar surface area (TPSA) is 46.5 Å². The predicted molar refractivity (Wildman–Crippen MR) is 101 cm³/mol. The van der Waals surface area contributed by atoms with Crippen LogP contribution in [0.2, 0.25) is 0 Å². The standard InChI is InChI=1S/C23H20O3/c24-21-11-6-10-19-17(21)13-14-20(23(19)25)18-9-4-5-12-22(18)26-15-16-7-2-1-3-8-16/h1-12,20,24H,13-15H2/t20-/m0/s1. The van der Waals surface area contributed by atoms with Gasteiger partial charge in [0.2, 0.25) is 0 Å². The normalized spacial score (nSPS) is 16.2. The van der Waals surface area contributed by atoms with E-state index in [2.05, 4.69) is 0 Å². The second kappa shape index (κ2) is 7.04. The number of hydrogen-bond acceptors (Lipinski definition) is 3. The second-order valence-electron chi connectivity index (χ2n) is 6.57. The van der Waals surface area contributed by atoms with E-state index in [9.17, 15) is 9.90 Å². The van der Waals surface area contributed by atoms with Crippen LogP contribution in [0.1, 0.15) is 39.4 Å². The number of carbonyl (C=O) groups is 1. The second-order valence-corrected chi connectivity index (χ2v) is 6.57. The summed E-state index contributed by atoms with van der Waals surface area (Å²) in [7, 11) is 0. The zero-order chi connectivity index (χ0) is 17.9. The molecule has 0 heterocycles. The molecule has 4 rings (SSSR count). The predicted octanol–water partition coefficient (Wildman–Crippen LogP) is 4.88. The Labute approximate surface area is 152 Å². The smallest absolute Gasteiger partial charge is 0.170 e. The minimum atomic E-state index is -0.240. The summed E-state index contributed by atoms with van der Waals surface area (Å²) in [5, 5.41) is 10.0. The molecular weight excluding hydrogens is 324 g/mol. The lowest BCUT2D eigenvalue weighted by Crippen LogP contribution is -2.21. The fourth-order valence-electron chi connectivity index (χ4n) is 3.61. The van der Waals surface area contributed by atoms with Crippen molar-refractivity contribution in [1.29, 1.82) is 0 Å². The zero-order valence-corrected chi connectivity index (χ0v) is 14.4. The van der Waals surface area contributed by atoms with Crippen LogP contribution in [0.5, 0.6) is 11.5 Å². The van der Waals surface area contributed by atoms with Crippen molar-refractivity contribution in [2.24, 2.45) is 0 Å². The van der Waals surface area contributed by atoms with Crippen molar-refractivity contribution in [3.05, 3.63) is 95.1 Å². The van der Waals surface area contributed by atoms with E-state index >= 15 is 0 Å². The monoisotopic (exact) mass is 344 g/mol. The molecule has 1 aliphatic rings. The van der Waals surface area contributed by atoms with Crippen LogP contribution in [0.25, 0.3) is 0 Å². The number of para-hydroxylation sites is 1. The number of benzene rings is 3. The average molecular weight is 344 g/mol. The van der Waals surface area contributed by atoms with Crippen LogP contribution in [-0.4, -0.2) is 10.9 Å². The molecule has 0 bridgehead atoms. The largest absolute Gasteiger partial charge is 0.508 e. The maximum atomic E-state index is 13.0. The Morgan fingerprint density at radius 3 is 2.54 bits per heavy atom. The number of aromatic hydroxyl groups is 1. The van der Waals surface area contributed by atoms with Crippen LogP contribution >= 0.6 is 0 Å². The Hall–Kier alpha value is -3.07. The summed E-state index contributed by atoms with van der Waals surface area (Å²) in [5.41, 5.74) is 3.39. The molecule has 1 aliphatic carbocycles. The Bertz CT molecular complexity index is 931. The van der Waals surface area contributed by atoms with Crippen LogP contribution in [0.3, 0.4) is 0 Å². The Kier molecular flexibility index (Phi) is 4.44. The highest BCUT2D eigenvalue weighted by atomic mass is 16.5. The Balaban J connectivity index is 1.61. The molecule has 3 nitrogen and oxygen atoms in total. The highest BCUT2D eigenvalue weighted by molar-refractivity contribution is 6.04. The van der Waals surface area contributed by atoms with Crippen LogP contribution in [0, 0.1) is 0 Å². The van der Waals surface area contributed by atoms with Gasteiger partial charge in [0, 0.05) is 16.7 Å². The van der Waals surface area contributed by atoms with Gasteiger partial charge in [-0.3, -0.25) is 4.79 Å². The molecule has 3 aromatic carbocycles. The van der Waals surface area contributed by atoms with Crippen molar-refractivity contribution >= 4 is 5.78 Å². The highest BCUT2D eigenvalue weighted by Gasteiger charge is 2.31. The molecule has 0 spiro atoms. The molecule has 0 amide bonds. The third-order valence-corrected chi connectivity index (χ3v) is 4.95. The van der Waals surface area contributed by atoms with Crippen LogP contribution < -0.4 is 4.74 Å². The fourth-order valence-corrected chi connectivity index (χ4v) is 3.61. The van der Waals surface area contributed by atoms with Crippen LogP contribution in [-0.2, 0) is 13.0 Å². The molecule has 0 saturated heterocycles. The first kappa shape index (κ1) is 16.4. The van der Waals surface area contributed by atoms with Gasteiger partial charge in [-0.1, -0.05) is 60.7 Å². The van der Waals surface area contributed by atoms with E-state index in [1.807, 2.05) is 54.6 Å². The molecular formula is C23H20O3. The van der Waals surface area contributed by atoms with Gasteiger partial charge in [-0.25, -0.2) is 0 Å². The number of rotatable bonds is 4. The molecule has 1 N–H and O–H groups in total. The van der Waals surface area contributed by atoms with E-state index in [1.54, 1.807) is 18.2 Å². The molecule has 1 atom stereocenters. The summed E-state index contributed by atoms with van der Waals surface area (Å²) in [5.74, 6) is 0.774. The number of phenols is 1. The molecule has 0 radical (unpaired) electrons. The van der Waals surface area contributed by atoms with E-state index in [-0.39, 0.29) is 17.5 Å². The quantitative estimate of drug-likeness (QED) is 0.733.